The van der Waals surface area contributed by atoms with E-state index in [0.717, 1.165) is 16.3 Å². The second-order valence-electron chi connectivity index (χ2n) is 5.70. The van der Waals surface area contributed by atoms with Crippen molar-refractivity contribution >= 4 is 46.3 Å². The van der Waals surface area contributed by atoms with E-state index in [9.17, 15) is 4.79 Å². The van der Waals surface area contributed by atoms with Crippen LogP contribution in [0.2, 0.25) is 5.02 Å². The number of aromatic nitrogens is 3. The average Bonchev–Trinajstić information content (AvgIpc) is 3.20. The van der Waals surface area contributed by atoms with Crippen LogP contribution in [0.3, 0.4) is 0 Å². The molecule has 1 N–H and O–H groups in total. The Hall–Kier alpha value is -1.90. The van der Waals surface area contributed by atoms with Crippen LogP contribution in [0.25, 0.3) is 0 Å². The number of carbonyl (C=O) groups is 1. The van der Waals surface area contributed by atoms with Crippen LogP contribution in [-0.4, -0.2) is 26.3 Å². The third kappa shape index (κ3) is 4.84. The number of benzene rings is 1. The van der Waals surface area contributed by atoms with Crippen molar-refractivity contribution in [3.63, 3.8) is 0 Å². The summed E-state index contributed by atoms with van der Waals surface area (Å²) in [7, 11) is 0. The molecular weight excluding hydrogens is 392 g/mol. The zero-order valence-electron chi connectivity index (χ0n) is 14.4. The molecule has 26 heavy (non-hydrogen) atoms. The van der Waals surface area contributed by atoms with E-state index in [1.807, 2.05) is 25.3 Å². The van der Waals surface area contributed by atoms with Gasteiger partial charge >= 0.3 is 0 Å². The van der Waals surface area contributed by atoms with E-state index >= 15 is 0 Å². The molecule has 0 aliphatic carbocycles. The van der Waals surface area contributed by atoms with E-state index in [1.165, 1.54) is 11.8 Å². The molecule has 9 heteroatoms. The minimum absolute atomic E-state index is 0.157. The Labute approximate surface area is 164 Å². The number of nitrogens with one attached hydrogen (secondary N) is 1. The minimum Gasteiger partial charge on any atom is -0.416 e. The number of hydrogen-bond donors (Lipinski definition) is 1. The Morgan fingerprint density at radius 2 is 2.19 bits per heavy atom. The Morgan fingerprint density at radius 3 is 2.92 bits per heavy atom. The van der Waals surface area contributed by atoms with Crippen LogP contribution in [0.15, 0.2) is 33.2 Å². The van der Waals surface area contributed by atoms with Crippen molar-refractivity contribution in [2.75, 3.05) is 5.32 Å². The predicted octanol–water partition coefficient (Wildman–Crippen LogP) is 4.51. The van der Waals surface area contributed by atoms with Gasteiger partial charge in [-0.2, -0.15) is 0 Å². The summed E-state index contributed by atoms with van der Waals surface area (Å²) in [5.41, 5.74) is 2.54. The lowest BCUT2D eigenvalue weighted by molar-refractivity contribution is -0.115. The number of thiazole rings is 1. The van der Waals surface area contributed by atoms with Gasteiger partial charge in [0.2, 0.25) is 11.8 Å². The second-order valence-corrected chi connectivity index (χ2v) is 8.50. The minimum atomic E-state index is -0.400. The van der Waals surface area contributed by atoms with Crippen LogP contribution in [-0.2, 0) is 11.2 Å². The van der Waals surface area contributed by atoms with Gasteiger partial charge in [-0.15, -0.1) is 21.5 Å². The van der Waals surface area contributed by atoms with Crippen molar-refractivity contribution < 1.29 is 9.21 Å². The predicted molar refractivity (Wildman–Crippen MR) is 104 cm³/mol. The van der Waals surface area contributed by atoms with Gasteiger partial charge in [-0.05, 0) is 38.5 Å². The summed E-state index contributed by atoms with van der Waals surface area (Å²) < 4.78 is 5.61. The van der Waals surface area contributed by atoms with Crippen LogP contribution in [0.5, 0.6) is 0 Å². The van der Waals surface area contributed by atoms with Gasteiger partial charge in [0, 0.05) is 16.1 Å². The molecule has 2 aromatic heterocycles. The number of amides is 1. The SMILES string of the molecule is Cc1nc(Cc2nnc(S[C@H](C)C(=O)Nc3cc(Cl)ccc3C)o2)cs1. The standard InChI is InChI=1S/C17H17ClN4O2S2/c1-9-4-5-12(18)6-14(9)20-16(23)10(2)26-17-22-21-15(24-17)7-13-8-25-11(3)19-13/h4-6,8,10H,7H2,1-3H3,(H,20,23)/t10-/m1/s1. The first-order valence-electron chi connectivity index (χ1n) is 7.88. The lowest BCUT2D eigenvalue weighted by Gasteiger charge is -2.12. The highest BCUT2D eigenvalue weighted by atomic mass is 35.5. The lowest BCUT2D eigenvalue weighted by Crippen LogP contribution is -2.22. The fourth-order valence-electron chi connectivity index (χ4n) is 2.17. The highest BCUT2D eigenvalue weighted by molar-refractivity contribution is 8.00. The van der Waals surface area contributed by atoms with Gasteiger partial charge in [0.25, 0.3) is 5.22 Å². The summed E-state index contributed by atoms with van der Waals surface area (Å²) >= 11 is 8.78. The van der Waals surface area contributed by atoms with Gasteiger partial charge in [-0.3, -0.25) is 4.79 Å². The fraction of sp³-hybridized carbons (Fsp3) is 0.294. The van der Waals surface area contributed by atoms with E-state index < -0.39 is 5.25 Å². The quantitative estimate of drug-likeness (QED) is 0.604. The number of halogens is 1. The summed E-state index contributed by atoms with van der Waals surface area (Å²) in [6.07, 6.45) is 0.486. The molecule has 0 saturated heterocycles. The first-order chi connectivity index (χ1) is 12.4. The Balaban J connectivity index is 1.59. The maximum atomic E-state index is 12.4. The monoisotopic (exact) mass is 408 g/mol. The van der Waals surface area contributed by atoms with Crippen LogP contribution < -0.4 is 5.32 Å². The normalized spacial score (nSPS) is 12.2. The second kappa shape index (κ2) is 8.20. The molecule has 0 fully saturated rings. The van der Waals surface area contributed by atoms with Crippen molar-refractivity contribution in [3.8, 4) is 0 Å². The Bertz CT molecular complexity index is 925. The molecule has 3 aromatic rings. The molecule has 1 aromatic carbocycles. The molecule has 0 bridgehead atoms. The molecule has 136 valence electrons. The molecule has 0 spiro atoms. The average molecular weight is 409 g/mol. The van der Waals surface area contributed by atoms with Crippen molar-refractivity contribution in [2.45, 2.75) is 37.7 Å². The zero-order chi connectivity index (χ0) is 18.7. The summed E-state index contributed by atoms with van der Waals surface area (Å²) in [6, 6.07) is 5.38. The maximum absolute atomic E-state index is 12.4. The Kier molecular flexibility index (Phi) is 5.95. The van der Waals surface area contributed by atoms with Crippen molar-refractivity contribution in [3.05, 3.63) is 50.8 Å². The number of thioether (sulfide) groups is 1. The van der Waals surface area contributed by atoms with Gasteiger partial charge in [-0.1, -0.05) is 29.4 Å². The van der Waals surface area contributed by atoms with E-state index in [2.05, 4.69) is 20.5 Å². The molecule has 1 amide bonds. The van der Waals surface area contributed by atoms with Crippen LogP contribution in [0.4, 0.5) is 5.69 Å². The van der Waals surface area contributed by atoms with Crippen molar-refractivity contribution in [2.24, 2.45) is 0 Å². The molecule has 1 atom stereocenters. The number of carbonyl (C=O) groups excluding carboxylic acids is 1. The third-order valence-electron chi connectivity index (χ3n) is 3.55. The number of aryl methyl sites for hydroxylation is 2. The molecule has 2 heterocycles. The summed E-state index contributed by atoms with van der Waals surface area (Å²) in [5, 5.41) is 14.4. The van der Waals surface area contributed by atoms with Crippen molar-refractivity contribution in [1.82, 2.24) is 15.2 Å². The molecule has 0 aliphatic heterocycles. The van der Waals surface area contributed by atoms with Gasteiger partial charge in [0.05, 0.1) is 22.4 Å². The van der Waals surface area contributed by atoms with Crippen LogP contribution >= 0.6 is 34.7 Å². The van der Waals surface area contributed by atoms with Crippen molar-refractivity contribution in [1.29, 1.82) is 0 Å². The first-order valence-corrected chi connectivity index (χ1v) is 10.0. The lowest BCUT2D eigenvalue weighted by atomic mass is 10.2. The topological polar surface area (TPSA) is 80.9 Å². The molecule has 0 aliphatic rings. The highest BCUT2D eigenvalue weighted by Crippen LogP contribution is 2.25. The van der Waals surface area contributed by atoms with E-state index in [4.69, 9.17) is 16.0 Å². The molecular formula is C17H17ClN4O2S2. The zero-order valence-corrected chi connectivity index (χ0v) is 16.8. The molecule has 0 radical (unpaired) electrons. The van der Waals surface area contributed by atoms with E-state index in [1.54, 1.807) is 30.4 Å². The molecule has 0 unspecified atom stereocenters. The number of nitrogens with zero attached hydrogens (tertiary/aromatic N) is 3. The van der Waals surface area contributed by atoms with Gasteiger partial charge < -0.3 is 9.73 Å². The maximum Gasteiger partial charge on any atom is 0.277 e. The van der Waals surface area contributed by atoms with Gasteiger partial charge in [0.15, 0.2) is 0 Å². The molecule has 3 rings (SSSR count). The number of anilines is 1. The van der Waals surface area contributed by atoms with E-state index in [0.29, 0.717) is 28.2 Å². The summed E-state index contributed by atoms with van der Waals surface area (Å²) in [6.45, 7) is 5.65. The number of hydrogen-bond acceptors (Lipinski definition) is 7. The van der Waals surface area contributed by atoms with Gasteiger partial charge in [0.1, 0.15) is 0 Å². The first kappa shape index (κ1) is 18.9. The Morgan fingerprint density at radius 1 is 1.38 bits per heavy atom. The summed E-state index contributed by atoms with van der Waals surface area (Å²) in [5.74, 6) is 0.325. The largest absolute Gasteiger partial charge is 0.416 e. The molecule has 0 saturated carbocycles. The third-order valence-corrected chi connectivity index (χ3v) is 5.54. The number of rotatable bonds is 6. The van der Waals surface area contributed by atoms with Crippen LogP contribution in [0, 0.1) is 13.8 Å². The summed E-state index contributed by atoms with van der Waals surface area (Å²) in [4.78, 5) is 16.8. The smallest absolute Gasteiger partial charge is 0.277 e. The van der Waals surface area contributed by atoms with Gasteiger partial charge in [-0.25, -0.2) is 4.98 Å². The van der Waals surface area contributed by atoms with Crippen LogP contribution in [0.1, 0.15) is 29.1 Å². The fourth-order valence-corrected chi connectivity index (χ4v) is 3.66. The molecule has 6 nitrogen and oxygen atoms in total. The van der Waals surface area contributed by atoms with E-state index in [-0.39, 0.29) is 5.91 Å². The highest BCUT2D eigenvalue weighted by Gasteiger charge is 2.19.